The quantitative estimate of drug-likeness (QED) is 0.281. The molecule has 0 spiro atoms. The molecule has 0 aliphatic rings. The maximum Gasteiger partial charge on any atom is 0.261 e. The van der Waals surface area contributed by atoms with Crippen LogP contribution in [0.2, 0.25) is 0 Å². The van der Waals surface area contributed by atoms with E-state index in [9.17, 15) is 10.1 Å². The zero-order valence-electron chi connectivity index (χ0n) is 18.4. The third kappa shape index (κ3) is 5.19. The Morgan fingerprint density at radius 1 is 1.28 bits per heavy atom. The van der Waals surface area contributed by atoms with Crippen LogP contribution in [0.15, 0.2) is 60.8 Å². The van der Waals surface area contributed by atoms with Crippen molar-refractivity contribution in [3.8, 4) is 17.6 Å². The summed E-state index contributed by atoms with van der Waals surface area (Å²) in [5.41, 5.74) is 3.77. The van der Waals surface area contributed by atoms with Gasteiger partial charge in [0.1, 0.15) is 11.6 Å². The molecule has 2 N–H and O–H groups in total. The highest BCUT2D eigenvalue weighted by Gasteiger charge is 2.14. The molecule has 0 saturated heterocycles. The number of carbonyl (C=O) groups excluding carboxylic acids is 1. The SMILES string of the molecule is C=CCc1cc(/C=C(/C#N)C(=O)NCCc2c[nH]c3ccccc23)cc(OCC)c1OC. The van der Waals surface area contributed by atoms with Gasteiger partial charge in [-0.1, -0.05) is 24.3 Å². The van der Waals surface area contributed by atoms with Gasteiger partial charge >= 0.3 is 0 Å². The number of fused-ring (bicyclic) bond motifs is 1. The number of allylic oxidation sites excluding steroid dienone is 1. The molecule has 6 heteroatoms. The number of hydrogen-bond donors (Lipinski definition) is 2. The maximum atomic E-state index is 12.6. The summed E-state index contributed by atoms with van der Waals surface area (Å²) in [6, 6.07) is 13.7. The summed E-state index contributed by atoms with van der Waals surface area (Å²) in [6.45, 7) is 6.56. The summed E-state index contributed by atoms with van der Waals surface area (Å²) < 4.78 is 11.2. The largest absolute Gasteiger partial charge is 0.493 e. The first-order valence-corrected chi connectivity index (χ1v) is 10.5. The van der Waals surface area contributed by atoms with Gasteiger partial charge in [0.05, 0.1) is 13.7 Å². The number of H-pyrrole nitrogens is 1. The van der Waals surface area contributed by atoms with Gasteiger partial charge in [-0.25, -0.2) is 0 Å². The Kier molecular flexibility index (Phi) is 7.71. The van der Waals surface area contributed by atoms with Crippen LogP contribution in [0, 0.1) is 11.3 Å². The van der Waals surface area contributed by atoms with E-state index in [1.807, 2.05) is 49.5 Å². The molecule has 1 amide bonds. The number of nitriles is 1. The average Bonchev–Trinajstić information content (AvgIpc) is 3.21. The summed E-state index contributed by atoms with van der Waals surface area (Å²) in [5.74, 6) is 0.787. The van der Waals surface area contributed by atoms with Crippen LogP contribution < -0.4 is 14.8 Å². The third-order valence-corrected chi connectivity index (χ3v) is 5.05. The fraction of sp³-hybridized carbons (Fsp3) is 0.231. The predicted molar refractivity (Wildman–Crippen MR) is 127 cm³/mol. The Balaban J connectivity index is 1.76. The monoisotopic (exact) mass is 429 g/mol. The van der Waals surface area contributed by atoms with E-state index in [4.69, 9.17) is 9.47 Å². The second-order valence-corrected chi connectivity index (χ2v) is 7.17. The normalized spacial score (nSPS) is 11.1. The van der Waals surface area contributed by atoms with Gasteiger partial charge in [-0.15, -0.1) is 6.58 Å². The van der Waals surface area contributed by atoms with E-state index in [0.717, 1.165) is 22.0 Å². The number of carbonyl (C=O) groups is 1. The van der Waals surface area contributed by atoms with E-state index in [1.54, 1.807) is 25.3 Å². The van der Waals surface area contributed by atoms with Crippen LogP contribution in [0.4, 0.5) is 0 Å². The minimum atomic E-state index is -0.411. The number of benzene rings is 2. The molecule has 0 unspecified atom stereocenters. The second-order valence-electron chi connectivity index (χ2n) is 7.17. The lowest BCUT2D eigenvalue weighted by Gasteiger charge is -2.14. The molecule has 0 saturated carbocycles. The summed E-state index contributed by atoms with van der Waals surface area (Å²) in [6.07, 6.45) is 6.52. The molecule has 1 heterocycles. The molecule has 0 fully saturated rings. The number of methoxy groups -OCH3 is 1. The van der Waals surface area contributed by atoms with Gasteiger partial charge in [0.25, 0.3) is 5.91 Å². The Hall–Kier alpha value is -3.98. The van der Waals surface area contributed by atoms with E-state index in [-0.39, 0.29) is 5.57 Å². The molecule has 6 nitrogen and oxygen atoms in total. The first kappa shape index (κ1) is 22.7. The van der Waals surface area contributed by atoms with Crippen molar-refractivity contribution in [3.05, 3.63) is 77.5 Å². The van der Waals surface area contributed by atoms with Crippen molar-refractivity contribution in [1.29, 1.82) is 5.26 Å². The van der Waals surface area contributed by atoms with Crippen molar-refractivity contribution >= 4 is 22.9 Å². The van der Waals surface area contributed by atoms with Gasteiger partial charge in [0.2, 0.25) is 0 Å². The number of aromatic amines is 1. The van der Waals surface area contributed by atoms with Crippen LogP contribution in [0.5, 0.6) is 11.5 Å². The van der Waals surface area contributed by atoms with Crippen LogP contribution in [-0.4, -0.2) is 31.2 Å². The zero-order chi connectivity index (χ0) is 22.9. The summed E-state index contributed by atoms with van der Waals surface area (Å²) >= 11 is 0. The Labute approximate surface area is 188 Å². The van der Waals surface area contributed by atoms with Crippen LogP contribution in [0.3, 0.4) is 0 Å². The molecule has 1 aromatic heterocycles. The van der Waals surface area contributed by atoms with Crippen molar-refractivity contribution < 1.29 is 14.3 Å². The molecule has 32 heavy (non-hydrogen) atoms. The molecule has 0 radical (unpaired) electrons. The molecule has 2 aromatic carbocycles. The number of ether oxygens (including phenoxy) is 2. The summed E-state index contributed by atoms with van der Waals surface area (Å²) in [7, 11) is 1.59. The Bertz CT molecular complexity index is 1180. The Morgan fingerprint density at radius 3 is 2.81 bits per heavy atom. The number of nitrogens with one attached hydrogen (secondary N) is 2. The lowest BCUT2D eigenvalue weighted by atomic mass is 10.0. The summed E-state index contributed by atoms with van der Waals surface area (Å²) in [5, 5.41) is 13.5. The number of hydrogen-bond acceptors (Lipinski definition) is 4. The lowest BCUT2D eigenvalue weighted by Crippen LogP contribution is -2.26. The van der Waals surface area contributed by atoms with E-state index in [2.05, 4.69) is 16.9 Å². The third-order valence-electron chi connectivity index (χ3n) is 5.05. The van der Waals surface area contributed by atoms with Gasteiger partial charge in [0, 0.05) is 29.2 Å². The van der Waals surface area contributed by atoms with Gasteiger partial charge in [-0.3, -0.25) is 4.79 Å². The number of nitrogens with zero attached hydrogens (tertiary/aromatic N) is 1. The highest BCUT2D eigenvalue weighted by molar-refractivity contribution is 6.01. The zero-order valence-corrected chi connectivity index (χ0v) is 18.4. The fourth-order valence-corrected chi connectivity index (χ4v) is 3.63. The first-order valence-electron chi connectivity index (χ1n) is 10.5. The molecular weight excluding hydrogens is 402 g/mol. The molecule has 0 atom stereocenters. The van der Waals surface area contributed by atoms with Gasteiger partial charge < -0.3 is 19.8 Å². The topological polar surface area (TPSA) is 87.1 Å². The van der Waals surface area contributed by atoms with Crippen LogP contribution >= 0.6 is 0 Å². The number of aromatic nitrogens is 1. The van der Waals surface area contributed by atoms with Crippen LogP contribution in [0.25, 0.3) is 17.0 Å². The fourth-order valence-electron chi connectivity index (χ4n) is 3.63. The lowest BCUT2D eigenvalue weighted by molar-refractivity contribution is -0.117. The highest BCUT2D eigenvalue weighted by Crippen LogP contribution is 2.34. The van der Waals surface area contributed by atoms with E-state index in [0.29, 0.717) is 43.1 Å². The standard InChI is InChI=1S/C26H27N3O3/c1-4-8-19-13-18(15-24(32-5-2)25(19)31-3)14-21(16-27)26(30)28-12-11-20-17-29-23-10-7-6-9-22(20)23/h4,6-7,9-10,13-15,17,29H,1,5,8,11-12H2,2-3H3,(H,28,30)/b21-14-. The maximum absolute atomic E-state index is 12.6. The minimum absolute atomic E-state index is 0.0288. The molecular formula is C26H27N3O3. The summed E-state index contributed by atoms with van der Waals surface area (Å²) in [4.78, 5) is 15.9. The van der Waals surface area contributed by atoms with E-state index < -0.39 is 5.91 Å². The number of amides is 1. The van der Waals surface area contributed by atoms with Crippen molar-refractivity contribution in [3.63, 3.8) is 0 Å². The second kappa shape index (κ2) is 10.9. The number of rotatable bonds is 10. The number of para-hydroxylation sites is 1. The van der Waals surface area contributed by atoms with E-state index in [1.165, 1.54) is 0 Å². The molecule has 0 bridgehead atoms. The van der Waals surface area contributed by atoms with Crippen molar-refractivity contribution in [2.45, 2.75) is 19.8 Å². The smallest absolute Gasteiger partial charge is 0.261 e. The van der Waals surface area contributed by atoms with Crippen molar-refractivity contribution in [2.24, 2.45) is 0 Å². The molecule has 3 rings (SSSR count). The van der Waals surface area contributed by atoms with E-state index >= 15 is 0 Å². The van der Waals surface area contributed by atoms with Gasteiger partial charge in [-0.2, -0.15) is 5.26 Å². The van der Waals surface area contributed by atoms with Crippen molar-refractivity contribution in [1.82, 2.24) is 10.3 Å². The molecule has 164 valence electrons. The highest BCUT2D eigenvalue weighted by atomic mass is 16.5. The van der Waals surface area contributed by atoms with Crippen LogP contribution in [0.1, 0.15) is 23.6 Å². The van der Waals surface area contributed by atoms with Gasteiger partial charge in [0.15, 0.2) is 11.5 Å². The average molecular weight is 430 g/mol. The minimum Gasteiger partial charge on any atom is -0.493 e. The van der Waals surface area contributed by atoms with Crippen molar-refractivity contribution in [2.75, 3.05) is 20.3 Å². The Morgan fingerprint density at radius 2 is 2.09 bits per heavy atom. The molecule has 3 aromatic rings. The van der Waals surface area contributed by atoms with Crippen LogP contribution in [-0.2, 0) is 17.6 Å². The van der Waals surface area contributed by atoms with Gasteiger partial charge in [-0.05, 0) is 55.2 Å². The molecule has 0 aliphatic carbocycles. The predicted octanol–water partition coefficient (Wildman–Crippen LogP) is 4.57. The first-order chi connectivity index (χ1) is 15.6. The molecule has 0 aliphatic heterocycles.